The predicted octanol–water partition coefficient (Wildman–Crippen LogP) is 5.58. The maximum atomic E-state index is 2.64. The van der Waals surface area contributed by atoms with Crippen molar-refractivity contribution >= 4 is 0 Å². The molecule has 0 bridgehead atoms. The lowest BCUT2D eigenvalue weighted by atomic mass is 9.96. The van der Waals surface area contributed by atoms with E-state index < -0.39 is 0 Å². The minimum absolute atomic E-state index is 0.802. The van der Waals surface area contributed by atoms with Gasteiger partial charge in [-0.3, -0.25) is 0 Å². The first kappa shape index (κ1) is 25.4. The summed E-state index contributed by atoms with van der Waals surface area (Å²) in [7, 11) is 2.22. The Balaban J connectivity index is 0. The highest BCUT2D eigenvalue weighted by molar-refractivity contribution is 5.15. The van der Waals surface area contributed by atoms with Crippen molar-refractivity contribution in [2.24, 2.45) is 5.92 Å². The SMILES string of the molecule is CC.CC.CC.CCC(Cc1ccccc1)CN1CCN(C)CC1. The van der Waals surface area contributed by atoms with E-state index in [0.29, 0.717) is 0 Å². The third-order valence-corrected chi connectivity index (χ3v) is 4.06. The van der Waals surface area contributed by atoms with Crippen molar-refractivity contribution in [1.82, 2.24) is 9.80 Å². The number of hydrogen-bond acceptors (Lipinski definition) is 2. The predicted molar refractivity (Wildman–Crippen MR) is 112 cm³/mol. The van der Waals surface area contributed by atoms with Gasteiger partial charge in [0.1, 0.15) is 0 Å². The van der Waals surface area contributed by atoms with Gasteiger partial charge in [0, 0.05) is 32.7 Å². The molecule has 0 radical (unpaired) electrons. The number of piperazine rings is 1. The summed E-state index contributed by atoms with van der Waals surface area (Å²) in [6, 6.07) is 10.9. The van der Waals surface area contributed by atoms with E-state index in [0.717, 1.165) is 5.92 Å². The Morgan fingerprint density at radius 3 is 1.79 bits per heavy atom. The fraction of sp³-hybridized carbons (Fsp3) is 0.727. The summed E-state index contributed by atoms with van der Waals surface area (Å²) >= 11 is 0. The fourth-order valence-electron chi connectivity index (χ4n) is 2.68. The number of nitrogens with zero attached hydrogens (tertiary/aromatic N) is 2. The smallest absolute Gasteiger partial charge is 0.0110 e. The van der Waals surface area contributed by atoms with E-state index in [-0.39, 0.29) is 0 Å². The summed E-state index contributed by atoms with van der Waals surface area (Å²) in [4.78, 5) is 5.06. The Morgan fingerprint density at radius 1 is 0.833 bits per heavy atom. The molecular formula is C22H44N2. The van der Waals surface area contributed by atoms with Crippen molar-refractivity contribution in [3.63, 3.8) is 0 Å². The lowest BCUT2D eigenvalue weighted by Crippen LogP contribution is -2.46. The van der Waals surface area contributed by atoms with Crippen molar-refractivity contribution in [1.29, 1.82) is 0 Å². The van der Waals surface area contributed by atoms with Crippen molar-refractivity contribution in [2.75, 3.05) is 39.8 Å². The van der Waals surface area contributed by atoms with Crippen LogP contribution < -0.4 is 0 Å². The Bertz CT molecular complexity index is 329. The molecule has 1 atom stereocenters. The standard InChI is InChI=1S/C16H26N2.3C2H6/c1-3-15(13-16-7-5-4-6-8-16)14-18-11-9-17(2)10-12-18;3*1-2/h4-8,15H,3,9-14H2,1-2H3;3*1-2H3. The molecule has 0 spiro atoms. The monoisotopic (exact) mass is 336 g/mol. The number of rotatable bonds is 5. The molecule has 1 aliphatic heterocycles. The maximum absolute atomic E-state index is 2.64. The van der Waals surface area contributed by atoms with E-state index in [4.69, 9.17) is 0 Å². The second-order valence-electron chi connectivity index (χ2n) is 5.57. The van der Waals surface area contributed by atoms with Crippen molar-refractivity contribution in [3.8, 4) is 0 Å². The van der Waals surface area contributed by atoms with Gasteiger partial charge in [0.2, 0.25) is 0 Å². The van der Waals surface area contributed by atoms with Crippen molar-refractivity contribution in [3.05, 3.63) is 35.9 Å². The molecule has 1 aliphatic rings. The van der Waals surface area contributed by atoms with Crippen LogP contribution in [0.15, 0.2) is 30.3 Å². The zero-order chi connectivity index (χ0) is 18.8. The maximum Gasteiger partial charge on any atom is 0.0110 e. The zero-order valence-corrected chi connectivity index (χ0v) is 17.8. The van der Waals surface area contributed by atoms with Crippen LogP contribution in [0.2, 0.25) is 0 Å². The summed E-state index contributed by atoms with van der Waals surface area (Å²) in [6.07, 6.45) is 2.50. The van der Waals surface area contributed by atoms with Crippen LogP contribution in [0.3, 0.4) is 0 Å². The van der Waals surface area contributed by atoms with E-state index in [1.165, 1.54) is 51.1 Å². The van der Waals surface area contributed by atoms with Crippen LogP contribution in [-0.4, -0.2) is 49.6 Å². The average molecular weight is 337 g/mol. The van der Waals surface area contributed by atoms with E-state index in [9.17, 15) is 0 Å². The van der Waals surface area contributed by atoms with Gasteiger partial charge in [-0.2, -0.15) is 0 Å². The Morgan fingerprint density at radius 2 is 1.33 bits per heavy atom. The first-order chi connectivity index (χ1) is 11.8. The molecule has 2 rings (SSSR count). The van der Waals surface area contributed by atoms with E-state index in [1.807, 2.05) is 41.5 Å². The molecule has 0 aromatic heterocycles. The molecule has 1 fully saturated rings. The van der Waals surface area contributed by atoms with Crippen LogP contribution in [0.5, 0.6) is 0 Å². The Labute approximate surface area is 153 Å². The average Bonchev–Trinajstić information content (AvgIpc) is 2.68. The molecule has 2 nitrogen and oxygen atoms in total. The van der Waals surface area contributed by atoms with E-state index in [2.05, 4.69) is 54.1 Å². The van der Waals surface area contributed by atoms with Gasteiger partial charge in [0.25, 0.3) is 0 Å². The van der Waals surface area contributed by atoms with Crippen LogP contribution in [0, 0.1) is 5.92 Å². The topological polar surface area (TPSA) is 6.48 Å². The van der Waals surface area contributed by atoms with Crippen LogP contribution in [0.4, 0.5) is 0 Å². The van der Waals surface area contributed by atoms with Crippen LogP contribution in [-0.2, 0) is 6.42 Å². The quantitative estimate of drug-likeness (QED) is 0.692. The molecule has 1 heterocycles. The summed E-state index contributed by atoms with van der Waals surface area (Å²) in [5.41, 5.74) is 1.48. The third-order valence-electron chi connectivity index (χ3n) is 4.06. The van der Waals surface area contributed by atoms with Crippen molar-refractivity contribution < 1.29 is 0 Å². The van der Waals surface area contributed by atoms with Crippen LogP contribution >= 0.6 is 0 Å². The van der Waals surface area contributed by atoms with Gasteiger partial charge in [0.05, 0.1) is 0 Å². The van der Waals surface area contributed by atoms with Gasteiger partial charge in [0.15, 0.2) is 0 Å². The van der Waals surface area contributed by atoms with E-state index in [1.54, 1.807) is 0 Å². The molecule has 1 unspecified atom stereocenters. The van der Waals surface area contributed by atoms with Gasteiger partial charge in [-0.05, 0) is 24.9 Å². The Hall–Kier alpha value is -0.860. The number of benzene rings is 1. The minimum Gasteiger partial charge on any atom is -0.304 e. The molecular weight excluding hydrogens is 292 g/mol. The second kappa shape index (κ2) is 18.5. The van der Waals surface area contributed by atoms with Crippen molar-refractivity contribution in [2.45, 2.75) is 61.3 Å². The molecule has 2 heteroatoms. The second-order valence-corrected chi connectivity index (χ2v) is 5.57. The molecule has 1 aromatic carbocycles. The highest BCUT2D eigenvalue weighted by Gasteiger charge is 2.17. The lowest BCUT2D eigenvalue weighted by Gasteiger charge is -2.34. The molecule has 1 aromatic rings. The first-order valence-electron chi connectivity index (χ1n) is 10.2. The molecule has 0 aliphatic carbocycles. The largest absolute Gasteiger partial charge is 0.304 e. The summed E-state index contributed by atoms with van der Waals surface area (Å²) in [5, 5.41) is 0. The van der Waals surface area contributed by atoms with Gasteiger partial charge in [-0.25, -0.2) is 0 Å². The fourth-order valence-corrected chi connectivity index (χ4v) is 2.68. The van der Waals surface area contributed by atoms with Gasteiger partial charge < -0.3 is 9.80 Å². The normalized spacial score (nSPS) is 15.7. The highest BCUT2D eigenvalue weighted by atomic mass is 15.2. The molecule has 0 amide bonds. The molecule has 1 saturated heterocycles. The molecule has 142 valence electrons. The van der Waals surface area contributed by atoms with Crippen LogP contribution in [0.25, 0.3) is 0 Å². The van der Waals surface area contributed by atoms with Crippen LogP contribution in [0.1, 0.15) is 60.5 Å². The van der Waals surface area contributed by atoms with E-state index >= 15 is 0 Å². The third kappa shape index (κ3) is 11.6. The van der Waals surface area contributed by atoms with Gasteiger partial charge >= 0.3 is 0 Å². The summed E-state index contributed by atoms with van der Waals surface area (Å²) < 4.78 is 0. The van der Waals surface area contributed by atoms with Gasteiger partial charge in [-0.1, -0.05) is 85.2 Å². The van der Waals surface area contributed by atoms with Gasteiger partial charge in [-0.15, -0.1) is 0 Å². The number of hydrogen-bond donors (Lipinski definition) is 0. The Kier molecular flexibility index (Phi) is 19.5. The number of likely N-dealkylation sites (N-methyl/N-ethyl adjacent to an activating group) is 1. The minimum atomic E-state index is 0.802. The summed E-state index contributed by atoms with van der Waals surface area (Å²) in [6.45, 7) is 20.5. The summed E-state index contributed by atoms with van der Waals surface area (Å²) in [5.74, 6) is 0.802. The first-order valence-corrected chi connectivity index (χ1v) is 10.2. The zero-order valence-electron chi connectivity index (χ0n) is 17.8. The lowest BCUT2D eigenvalue weighted by molar-refractivity contribution is 0.134. The highest BCUT2D eigenvalue weighted by Crippen LogP contribution is 2.14. The molecule has 0 saturated carbocycles. The molecule has 0 N–H and O–H groups in total. The molecule has 24 heavy (non-hydrogen) atoms.